The molecule has 0 aromatic heterocycles. The summed E-state index contributed by atoms with van der Waals surface area (Å²) in [4.78, 5) is 0. The van der Waals surface area contributed by atoms with Gasteiger partial charge in [0.1, 0.15) is 18.1 Å². The quantitative estimate of drug-likeness (QED) is 0.803. The monoisotopic (exact) mass is 245 g/mol. The van der Waals surface area contributed by atoms with Crippen molar-refractivity contribution in [2.45, 2.75) is 26.3 Å². The molecular weight excluding hydrogens is 228 g/mol. The van der Waals surface area contributed by atoms with E-state index in [1.165, 1.54) is 0 Å². The van der Waals surface area contributed by atoms with Crippen molar-refractivity contribution in [2.75, 3.05) is 13.2 Å². The van der Waals surface area contributed by atoms with E-state index in [0.29, 0.717) is 23.7 Å². The lowest BCUT2D eigenvalue weighted by Gasteiger charge is -2.12. The van der Waals surface area contributed by atoms with Crippen molar-refractivity contribution in [3.05, 3.63) is 23.8 Å². The minimum Gasteiger partial charge on any atom is -0.493 e. The van der Waals surface area contributed by atoms with Crippen LogP contribution in [0.3, 0.4) is 0 Å². The smallest absolute Gasteiger partial charge is 0.272 e. The van der Waals surface area contributed by atoms with Crippen LogP contribution in [0.5, 0.6) is 11.5 Å². The highest BCUT2D eigenvalue weighted by atomic mass is 19.3. The van der Waals surface area contributed by atoms with Gasteiger partial charge in [-0.1, -0.05) is 13.0 Å². The van der Waals surface area contributed by atoms with E-state index >= 15 is 0 Å². The zero-order valence-electron chi connectivity index (χ0n) is 9.79. The molecule has 0 radical (unpaired) electrons. The summed E-state index contributed by atoms with van der Waals surface area (Å²) >= 11 is 0. The number of hydrogen-bond acceptors (Lipinski definition) is 3. The van der Waals surface area contributed by atoms with Gasteiger partial charge in [-0.3, -0.25) is 0 Å². The van der Waals surface area contributed by atoms with Crippen molar-refractivity contribution in [2.24, 2.45) is 5.73 Å². The van der Waals surface area contributed by atoms with E-state index in [4.69, 9.17) is 15.2 Å². The number of halogens is 2. The lowest BCUT2D eigenvalue weighted by molar-refractivity contribution is 0.0812. The minimum absolute atomic E-state index is 0.243. The molecule has 0 aliphatic rings. The highest BCUT2D eigenvalue weighted by Crippen LogP contribution is 2.25. The van der Waals surface area contributed by atoms with Crippen LogP contribution in [0.1, 0.15) is 18.9 Å². The molecule has 0 aliphatic carbocycles. The molecule has 0 amide bonds. The molecule has 2 N–H and O–H groups in total. The second-order valence-corrected chi connectivity index (χ2v) is 3.52. The summed E-state index contributed by atoms with van der Waals surface area (Å²) < 4.78 is 34.5. The minimum atomic E-state index is -2.50. The van der Waals surface area contributed by atoms with Crippen LogP contribution in [0.4, 0.5) is 8.78 Å². The van der Waals surface area contributed by atoms with Gasteiger partial charge in [0.05, 0.1) is 6.61 Å². The first-order valence-corrected chi connectivity index (χ1v) is 5.54. The zero-order chi connectivity index (χ0) is 12.7. The maximum Gasteiger partial charge on any atom is 0.272 e. The molecule has 0 bridgehead atoms. The number of hydrogen-bond donors (Lipinski definition) is 1. The molecule has 0 aliphatic heterocycles. The molecule has 96 valence electrons. The van der Waals surface area contributed by atoms with Crippen LogP contribution in [-0.2, 0) is 6.54 Å². The lowest BCUT2D eigenvalue weighted by atomic mass is 10.2. The molecule has 0 atom stereocenters. The Hall–Kier alpha value is -1.36. The molecule has 0 unspecified atom stereocenters. The molecular formula is C12H17F2NO2. The fourth-order valence-corrected chi connectivity index (χ4v) is 1.30. The summed E-state index contributed by atoms with van der Waals surface area (Å²) in [5, 5.41) is 0. The summed E-state index contributed by atoms with van der Waals surface area (Å²) in [5.74, 6) is 0.967. The highest BCUT2D eigenvalue weighted by molar-refractivity contribution is 5.40. The predicted octanol–water partition coefficient (Wildman–Crippen LogP) is 2.58. The molecule has 1 rings (SSSR count). The number of rotatable bonds is 7. The van der Waals surface area contributed by atoms with Gasteiger partial charge in [0.25, 0.3) is 6.43 Å². The number of alkyl halides is 2. The van der Waals surface area contributed by atoms with Gasteiger partial charge < -0.3 is 15.2 Å². The molecule has 1 aromatic rings. The average molecular weight is 245 g/mol. The van der Waals surface area contributed by atoms with E-state index < -0.39 is 13.0 Å². The third-order valence-corrected chi connectivity index (χ3v) is 2.10. The molecule has 3 nitrogen and oxygen atoms in total. The van der Waals surface area contributed by atoms with Crippen molar-refractivity contribution >= 4 is 0 Å². The summed E-state index contributed by atoms with van der Waals surface area (Å²) in [6.07, 6.45) is -1.62. The summed E-state index contributed by atoms with van der Waals surface area (Å²) in [6, 6.07) is 5.08. The van der Waals surface area contributed by atoms with Gasteiger partial charge in [0.15, 0.2) is 0 Å². The van der Waals surface area contributed by atoms with Crippen molar-refractivity contribution in [1.29, 1.82) is 0 Å². The van der Waals surface area contributed by atoms with Gasteiger partial charge in [-0.2, -0.15) is 0 Å². The van der Waals surface area contributed by atoms with Gasteiger partial charge >= 0.3 is 0 Å². The van der Waals surface area contributed by atoms with Gasteiger partial charge in [-0.25, -0.2) is 8.78 Å². The van der Waals surface area contributed by atoms with Crippen molar-refractivity contribution in [3.8, 4) is 11.5 Å². The Bertz CT molecular complexity index is 345. The normalized spacial score (nSPS) is 10.6. The van der Waals surface area contributed by atoms with Gasteiger partial charge in [0, 0.05) is 18.2 Å². The Labute approximate surface area is 99.5 Å². The van der Waals surface area contributed by atoms with E-state index in [1.54, 1.807) is 18.2 Å². The summed E-state index contributed by atoms with van der Waals surface area (Å²) in [5.41, 5.74) is 6.19. The largest absolute Gasteiger partial charge is 0.493 e. The van der Waals surface area contributed by atoms with E-state index in [1.807, 2.05) is 6.92 Å². The van der Waals surface area contributed by atoms with Crippen molar-refractivity contribution in [1.82, 2.24) is 0 Å². The Kier molecular flexibility index (Phi) is 5.69. The Morgan fingerprint density at radius 1 is 1.29 bits per heavy atom. The van der Waals surface area contributed by atoms with E-state index in [0.717, 1.165) is 6.42 Å². The van der Waals surface area contributed by atoms with Gasteiger partial charge in [-0.15, -0.1) is 0 Å². The fourth-order valence-electron chi connectivity index (χ4n) is 1.30. The molecule has 1 aromatic carbocycles. The molecule has 0 fully saturated rings. The summed E-state index contributed by atoms with van der Waals surface area (Å²) in [6.45, 7) is 2.18. The zero-order valence-corrected chi connectivity index (χ0v) is 9.79. The van der Waals surface area contributed by atoms with Crippen LogP contribution >= 0.6 is 0 Å². The first-order valence-electron chi connectivity index (χ1n) is 5.54. The van der Waals surface area contributed by atoms with Crippen LogP contribution in [-0.4, -0.2) is 19.6 Å². The Morgan fingerprint density at radius 3 is 2.65 bits per heavy atom. The first-order chi connectivity index (χ1) is 8.17. The average Bonchev–Trinajstić information content (AvgIpc) is 2.33. The first kappa shape index (κ1) is 13.7. The number of benzene rings is 1. The maximum absolute atomic E-state index is 12.1. The lowest BCUT2D eigenvalue weighted by Crippen LogP contribution is -2.10. The topological polar surface area (TPSA) is 44.5 Å². The van der Waals surface area contributed by atoms with Crippen LogP contribution in [0.2, 0.25) is 0 Å². The molecule has 17 heavy (non-hydrogen) atoms. The second-order valence-electron chi connectivity index (χ2n) is 3.52. The predicted molar refractivity (Wildman–Crippen MR) is 61.6 cm³/mol. The van der Waals surface area contributed by atoms with Gasteiger partial charge in [0.2, 0.25) is 0 Å². The van der Waals surface area contributed by atoms with Crippen LogP contribution in [0.15, 0.2) is 18.2 Å². The Balaban J connectivity index is 2.75. The SMILES string of the molecule is CCCOc1ccc(CN)c(OCC(F)F)c1. The van der Waals surface area contributed by atoms with Gasteiger partial charge in [-0.05, 0) is 12.5 Å². The molecule has 0 saturated carbocycles. The van der Waals surface area contributed by atoms with Crippen LogP contribution in [0, 0.1) is 0 Å². The highest BCUT2D eigenvalue weighted by Gasteiger charge is 2.08. The van der Waals surface area contributed by atoms with Crippen molar-refractivity contribution < 1.29 is 18.3 Å². The molecule has 0 heterocycles. The third kappa shape index (κ3) is 4.56. The fraction of sp³-hybridized carbons (Fsp3) is 0.500. The molecule has 5 heteroatoms. The standard InChI is InChI=1S/C12H17F2NO2/c1-2-5-16-10-4-3-9(7-15)11(6-10)17-8-12(13)14/h3-4,6,12H,2,5,7-8,15H2,1H3. The maximum atomic E-state index is 12.1. The Morgan fingerprint density at radius 2 is 2.06 bits per heavy atom. The van der Waals surface area contributed by atoms with Crippen LogP contribution in [0.25, 0.3) is 0 Å². The third-order valence-electron chi connectivity index (χ3n) is 2.10. The number of nitrogens with two attached hydrogens (primary N) is 1. The van der Waals surface area contributed by atoms with E-state index in [9.17, 15) is 8.78 Å². The van der Waals surface area contributed by atoms with Crippen LogP contribution < -0.4 is 15.2 Å². The van der Waals surface area contributed by atoms with Crippen molar-refractivity contribution in [3.63, 3.8) is 0 Å². The van der Waals surface area contributed by atoms with E-state index in [2.05, 4.69) is 0 Å². The second kappa shape index (κ2) is 7.06. The summed E-state index contributed by atoms with van der Waals surface area (Å²) in [7, 11) is 0. The van der Waals surface area contributed by atoms with E-state index in [-0.39, 0.29) is 6.54 Å². The molecule has 0 saturated heterocycles. The molecule has 0 spiro atoms. The number of ether oxygens (including phenoxy) is 2.